The molecule has 0 aliphatic carbocycles. The van der Waals surface area contributed by atoms with Crippen molar-refractivity contribution >= 4 is 43.5 Å². The number of carbonyl (C=O) groups is 2. The van der Waals surface area contributed by atoms with Crippen molar-refractivity contribution in [2.75, 3.05) is 36.9 Å². The maximum absolute atomic E-state index is 13.6. The predicted molar refractivity (Wildman–Crippen MR) is 142 cm³/mol. The van der Waals surface area contributed by atoms with Crippen molar-refractivity contribution in [2.24, 2.45) is 0 Å². The van der Waals surface area contributed by atoms with E-state index in [2.05, 4.69) is 21.2 Å². The summed E-state index contributed by atoms with van der Waals surface area (Å²) < 4.78 is 38.4. The standard InChI is InChI=1S/C25H32BrN3O6S/c1-4-5-11-27-25(31)18(2)28(16-19-7-6-8-20(26)14-19)24(30)17-29(36(3,32)33)21-9-10-22-23(15-21)35-13-12-34-22/h6-10,14-15,18H,4-5,11-13,16-17H2,1-3H3,(H,27,31)/t18-/m1/s1. The Kier molecular flexibility index (Phi) is 9.61. The molecule has 1 heterocycles. The molecule has 1 atom stereocenters. The molecular formula is C25H32BrN3O6S. The van der Waals surface area contributed by atoms with Gasteiger partial charge in [-0.3, -0.25) is 13.9 Å². The Morgan fingerprint density at radius 2 is 1.83 bits per heavy atom. The van der Waals surface area contributed by atoms with Gasteiger partial charge in [-0.25, -0.2) is 8.42 Å². The molecule has 1 N–H and O–H groups in total. The van der Waals surface area contributed by atoms with Crippen LogP contribution in [-0.2, 0) is 26.2 Å². The average Bonchev–Trinajstić information content (AvgIpc) is 2.84. The Bertz CT molecular complexity index is 1190. The Morgan fingerprint density at radius 3 is 2.50 bits per heavy atom. The number of ether oxygens (including phenoxy) is 2. The quantitative estimate of drug-likeness (QED) is 0.408. The van der Waals surface area contributed by atoms with Crippen molar-refractivity contribution in [2.45, 2.75) is 39.3 Å². The molecule has 2 amide bonds. The fraction of sp³-hybridized carbons (Fsp3) is 0.440. The molecule has 0 fully saturated rings. The summed E-state index contributed by atoms with van der Waals surface area (Å²) >= 11 is 3.43. The Morgan fingerprint density at radius 1 is 1.11 bits per heavy atom. The van der Waals surface area contributed by atoms with E-state index in [0.717, 1.165) is 33.4 Å². The van der Waals surface area contributed by atoms with Crippen LogP contribution < -0.4 is 19.1 Å². The second-order valence-corrected chi connectivity index (χ2v) is 11.4. The molecule has 2 aromatic rings. The van der Waals surface area contributed by atoms with Crippen LogP contribution in [0.25, 0.3) is 0 Å². The molecule has 36 heavy (non-hydrogen) atoms. The highest BCUT2D eigenvalue weighted by Crippen LogP contribution is 2.34. The first-order chi connectivity index (χ1) is 17.1. The minimum atomic E-state index is -3.83. The highest BCUT2D eigenvalue weighted by molar-refractivity contribution is 9.10. The SMILES string of the molecule is CCCCNC(=O)[C@@H](C)N(Cc1cccc(Br)c1)C(=O)CN(c1ccc2c(c1)OCCO2)S(C)(=O)=O. The van der Waals surface area contributed by atoms with Crippen LogP contribution in [0, 0.1) is 0 Å². The van der Waals surface area contributed by atoms with Crippen molar-refractivity contribution in [1.82, 2.24) is 10.2 Å². The molecule has 11 heteroatoms. The molecule has 0 saturated carbocycles. The molecule has 2 aromatic carbocycles. The number of anilines is 1. The Balaban J connectivity index is 1.89. The first-order valence-electron chi connectivity index (χ1n) is 11.8. The smallest absolute Gasteiger partial charge is 0.244 e. The van der Waals surface area contributed by atoms with Crippen LogP contribution in [0.15, 0.2) is 46.9 Å². The molecule has 0 radical (unpaired) electrons. The molecule has 0 aromatic heterocycles. The molecule has 1 aliphatic rings. The van der Waals surface area contributed by atoms with E-state index in [1.807, 2.05) is 31.2 Å². The van der Waals surface area contributed by atoms with Gasteiger partial charge in [-0.15, -0.1) is 0 Å². The summed E-state index contributed by atoms with van der Waals surface area (Å²) in [5, 5.41) is 2.86. The zero-order chi connectivity index (χ0) is 26.3. The van der Waals surface area contributed by atoms with Gasteiger partial charge in [-0.2, -0.15) is 0 Å². The van der Waals surface area contributed by atoms with Gasteiger partial charge in [-0.05, 0) is 43.2 Å². The summed E-state index contributed by atoms with van der Waals surface area (Å²) in [7, 11) is -3.83. The number of fused-ring (bicyclic) bond motifs is 1. The van der Waals surface area contributed by atoms with E-state index in [1.54, 1.807) is 25.1 Å². The van der Waals surface area contributed by atoms with E-state index < -0.39 is 28.5 Å². The van der Waals surface area contributed by atoms with Crippen LogP contribution in [0.5, 0.6) is 11.5 Å². The second-order valence-electron chi connectivity index (χ2n) is 8.57. The van der Waals surface area contributed by atoms with Crippen LogP contribution in [0.2, 0.25) is 0 Å². The van der Waals surface area contributed by atoms with Crippen LogP contribution in [-0.4, -0.2) is 63.7 Å². The fourth-order valence-corrected chi connectivity index (χ4v) is 5.04. The maximum Gasteiger partial charge on any atom is 0.244 e. The zero-order valence-electron chi connectivity index (χ0n) is 20.7. The van der Waals surface area contributed by atoms with Gasteiger partial charge >= 0.3 is 0 Å². The lowest BCUT2D eigenvalue weighted by atomic mass is 10.1. The van der Waals surface area contributed by atoms with E-state index in [-0.39, 0.29) is 18.1 Å². The number of rotatable bonds is 11. The lowest BCUT2D eigenvalue weighted by Crippen LogP contribution is -2.51. The molecule has 0 spiro atoms. The van der Waals surface area contributed by atoms with Gasteiger partial charge in [0.05, 0.1) is 11.9 Å². The first kappa shape index (κ1) is 27.8. The van der Waals surface area contributed by atoms with Gasteiger partial charge in [0.25, 0.3) is 0 Å². The number of amides is 2. The minimum absolute atomic E-state index is 0.138. The highest BCUT2D eigenvalue weighted by atomic mass is 79.9. The van der Waals surface area contributed by atoms with Crippen molar-refractivity contribution in [3.05, 3.63) is 52.5 Å². The summed E-state index contributed by atoms with van der Waals surface area (Å²) in [6.45, 7) is 4.59. The third kappa shape index (κ3) is 7.36. The number of nitrogens with zero attached hydrogens (tertiary/aromatic N) is 2. The molecule has 0 bridgehead atoms. The Hall–Kier alpha value is -2.79. The number of benzene rings is 2. The van der Waals surface area contributed by atoms with Gasteiger partial charge in [0.1, 0.15) is 25.8 Å². The molecular weight excluding hydrogens is 550 g/mol. The first-order valence-corrected chi connectivity index (χ1v) is 14.4. The van der Waals surface area contributed by atoms with Gasteiger partial charge in [0.2, 0.25) is 21.8 Å². The van der Waals surface area contributed by atoms with Crippen LogP contribution in [0.4, 0.5) is 5.69 Å². The number of unbranched alkanes of at least 4 members (excludes halogenated alkanes) is 1. The number of carbonyl (C=O) groups excluding carboxylic acids is 2. The van der Waals surface area contributed by atoms with Gasteiger partial charge < -0.3 is 19.7 Å². The second kappa shape index (κ2) is 12.4. The highest BCUT2D eigenvalue weighted by Gasteiger charge is 2.30. The van der Waals surface area contributed by atoms with Gasteiger partial charge in [-0.1, -0.05) is 41.4 Å². The summed E-state index contributed by atoms with van der Waals surface area (Å²) in [6.07, 6.45) is 2.79. The van der Waals surface area contributed by atoms with Crippen molar-refractivity contribution in [3.63, 3.8) is 0 Å². The third-order valence-electron chi connectivity index (χ3n) is 5.73. The van der Waals surface area contributed by atoms with E-state index in [1.165, 1.54) is 4.90 Å². The lowest BCUT2D eigenvalue weighted by molar-refractivity contribution is -0.139. The van der Waals surface area contributed by atoms with E-state index in [9.17, 15) is 18.0 Å². The average molecular weight is 583 g/mol. The summed E-state index contributed by atoms with van der Waals surface area (Å²) in [6, 6.07) is 11.3. The largest absolute Gasteiger partial charge is 0.486 e. The molecule has 0 saturated heterocycles. The van der Waals surface area contributed by atoms with E-state index >= 15 is 0 Å². The lowest BCUT2D eigenvalue weighted by Gasteiger charge is -2.32. The molecule has 9 nitrogen and oxygen atoms in total. The summed E-state index contributed by atoms with van der Waals surface area (Å²) in [5.74, 6) is 0.124. The number of nitrogens with one attached hydrogen (secondary N) is 1. The molecule has 196 valence electrons. The van der Waals surface area contributed by atoms with Crippen molar-refractivity contribution in [1.29, 1.82) is 0 Å². The topological polar surface area (TPSA) is 105 Å². The fourth-order valence-electron chi connectivity index (χ4n) is 3.75. The third-order valence-corrected chi connectivity index (χ3v) is 7.37. The number of halogens is 1. The van der Waals surface area contributed by atoms with Gasteiger partial charge in [0, 0.05) is 23.6 Å². The van der Waals surface area contributed by atoms with Crippen LogP contribution in [0.1, 0.15) is 32.3 Å². The molecule has 1 aliphatic heterocycles. The maximum atomic E-state index is 13.6. The van der Waals surface area contributed by atoms with Crippen molar-refractivity contribution < 1.29 is 27.5 Å². The summed E-state index contributed by atoms with van der Waals surface area (Å²) in [5.41, 5.74) is 1.08. The van der Waals surface area contributed by atoms with Crippen LogP contribution in [0.3, 0.4) is 0 Å². The number of hydrogen-bond donors (Lipinski definition) is 1. The van der Waals surface area contributed by atoms with Crippen molar-refractivity contribution in [3.8, 4) is 11.5 Å². The Labute approximate surface area is 220 Å². The predicted octanol–water partition coefficient (Wildman–Crippen LogP) is 3.32. The number of sulfonamides is 1. The minimum Gasteiger partial charge on any atom is -0.486 e. The van der Waals surface area contributed by atoms with E-state index in [0.29, 0.717) is 31.3 Å². The molecule has 3 rings (SSSR count). The number of hydrogen-bond acceptors (Lipinski definition) is 6. The zero-order valence-corrected chi connectivity index (χ0v) is 23.1. The summed E-state index contributed by atoms with van der Waals surface area (Å²) in [4.78, 5) is 27.9. The van der Waals surface area contributed by atoms with E-state index in [4.69, 9.17) is 9.47 Å². The van der Waals surface area contributed by atoms with Gasteiger partial charge in [0.15, 0.2) is 11.5 Å². The van der Waals surface area contributed by atoms with Crippen LogP contribution >= 0.6 is 15.9 Å². The monoisotopic (exact) mass is 581 g/mol. The molecule has 0 unspecified atom stereocenters. The normalized spacial score (nSPS) is 13.6.